The van der Waals surface area contributed by atoms with Crippen molar-refractivity contribution in [2.24, 2.45) is 0 Å². The Morgan fingerprint density at radius 1 is 1.63 bits per heavy atom. The molecule has 0 spiro atoms. The van der Waals surface area contributed by atoms with Gasteiger partial charge in [-0.3, -0.25) is 5.32 Å². The number of fused-ring (bicyclic) bond motifs is 1. The molecule has 1 atom stereocenters. The molecule has 5 nitrogen and oxygen atoms in total. The Labute approximate surface area is 122 Å². The van der Waals surface area contributed by atoms with Crippen LogP contribution in [0.15, 0.2) is 16.0 Å². The molecule has 100 valence electrons. The second kappa shape index (κ2) is 5.16. The molecule has 7 heteroatoms. The lowest BCUT2D eigenvalue weighted by Crippen LogP contribution is -2.16. The van der Waals surface area contributed by atoms with Gasteiger partial charge in [0.15, 0.2) is 3.92 Å². The smallest absolute Gasteiger partial charge is 0.337 e. The van der Waals surface area contributed by atoms with Crippen LogP contribution in [0.5, 0.6) is 0 Å². The summed E-state index contributed by atoms with van der Waals surface area (Å²) in [6.45, 7) is 1.09. The van der Waals surface area contributed by atoms with Crippen LogP contribution in [0.1, 0.15) is 22.0 Å². The molecule has 2 aromatic rings. The number of nitrogens with zero attached hydrogens (tertiary/aromatic N) is 1. The molecule has 1 aromatic carbocycles. The highest BCUT2D eigenvalue weighted by molar-refractivity contribution is 9.11. The fourth-order valence-corrected chi connectivity index (χ4v) is 3.59. The van der Waals surface area contributed by atoms with Crippen LogP contribution in [0.4, 0.5) is 0 Å². The third kappa shape index (κ3) is 2.38. The topological polar surface area (TPSA) is 60.5 Å². The molecule has 19 heavy (non-hydrogen) atoms. The summed E-state index contributed by atoms with van der Waals surface area (Å²) in [6, 6.07) is 3.69. The van der Waals surface area contributed by atoms with Crippen molar-refractivity contribution in [2.75, 3.05) is 20.4 Å². The van der Waals surface area contributed by atoms with E-state index in [1.165, 1.54) is 18.4 Å². The number of rotatable bonds is 2. The number of nitrogens with one attached hydrogen (secondary N) is 1. The Morgan fingerprint density at radius 3 is 3.16 bits per heavy atom. The minimum atomic E-state index is -0.341. The molecule has 1 unspecified atom stereocenters. The third-order valence-electron chi connectivity index (χ3n) is 3.01. The molecule has 0 aliphatic carbocycles. The van der Waals surface area contributed by atoms with Crippen LogP contribution >= 0.6 is 27.3 Å². The zero-order chi connectivity index (χ0) is 13.4. The average molecular weight is 343 g/mol. The normalized spacial score (nSPS) is 18.9. The molecule has 0 amide bonds. The van der Waals surface area contributed by atoms with Gasteiger partial charge in [0.05, 0.1) is 42.3 Å². The molecular formula is C12H11BrN2O3S. The average Bonchev–Trinajstić information content (AvgIpc) is 3.04. The van der Waals surface area contributed by atoms with Gasteiger partial charge in [-0.2, -0.15) is 0 Å². The Bertz CT molecular complexity index is 637. The molecule has 0 saturated carbocycles. The van der Waals surface area contributed by atoms with Crippen molar-refractivity contribution in [1.82, 2.24) is 10.3 Å². The maximum absolute atomic E-state index is 11.7. The van der Waals surface area contributed by atoms with Gasteiger partial charge < -0.3 is 9.47 Å². The van der Waals surface area contributed by atoms with Gasteiger partial charge in [-0.05, 0) is 33.6 Å². The Morgan fingerprint density at radius 2 is 2.47 bits per heavy atom. The fourth-order valence-electron chi connectivity index (χ4n) is 2.12. The molecule has 1 aliphatic heterocycles. The van der Waals surface area contributed by atoms with Gasteiger partial charge in [-0.15, -0.1) is 11.3 Å². The number of hydrogen-bond donors (Lipinski definition) is 1. The van der Waals surface area contributed by atoms with Crippen LogP contribution in [0.2, 0.25) is 0 Å². The molecule has 0 radical (unpaired) electrons. The van der Waals surface area contributed by atoms with Gasteiger partial charge in [-0.1, -0.05) is 0 Å². The summed E-state index contributed by atoms with van der Waals surface area (Å²) < 4.78 is 11.9. The summed E-state index contributed by atoms with van der Waals surface area (Å²) in [5.74, 6) is -0.341. The fraction of sp³-hybridized carbons (Fsp3) is 0.333. The highest BCUT2D eigenvalue weighted by atomic mass is 79.9. The van der Waals surface area contributed by atoms with Crippen LogP contribution < -0.4 is 5.32 Å². The van der Waals surface area contributed by atoms with E-state index in [4.69, 9.17) is 9.47 Å². The van der Waals surface area contributed by atoms with Gasteiger partial charge in [0, 0.05) is 0 Å². The standard InChI is InChI=1S/C12H11BrN2O3S/c1-17-11(16)6-2-7(8-4-18-5-14-8)10-9(3-6)19-12(13)15-10/h2-3,8,14H,4-5H2,1H3. The number of ether oxygens (including phenoxy) is 2. The van der Waals surface area contributed by atoms with Crippen molar-refractivity contribution in [3.05, 3.63) is 27.2 Å². The first-order valence-electron chi connectivity index (χ1n) is 5.68. The SMILES string of the molecule is COC(=O)c1cc(C2COCN2)c2nc(Br)sc2c1. The van der Waals surface area contributed by atoms with E-state index in [1.807, 2.05) is 12.1 Å². The van der Waals surface area contributed by atoms with E-state index in [9.17, 15) is 4.79 Å². The molecule has 1 saturated heterocycles. The summed E-state index contributed by atoms with van der Waals surface area (Å²) in [5, 5.41) is 3.23. The van der Waals surface area contributed by atoms with Crippen molar-refractivity contribution in [3.63, 3.8) is 0 Å². The van der Waals surface area contributed by atoms with E-state index in [0.29, 0.717) is 18.9 Å². The molecule has 1 aromatic heterocycles. The number of carbonyl (C=O) groups excluding carboxylic acids is 1. The van der Waals surface area contributed by atoms with Crippen molar-refractivity contribution >= 4 is 43.5 Å². The summed E-state index contributed by atoms with van der Waals surface area (Å²) in [6.07, 6.45) is 0. The second-order valence-corrected chi connectivity index (χ2v) is 6.45. The van der Waals surface area contributed by atoms with E-state index in [2.05, 4.69) is 26.2 Å². The first-order valence-corrected chi connectivity index (χ1v) is 7.29. The summed E-state index contributed by atoms with van der Waals surface area (Å²) in [4.78, 5) is 16.2. The van der Waals surface area contributed by atoms with Crippen molar-refractivity contribution in [1.29, 1.82) is 0 Å². The first kappa shape index (κ1) is 13.0. The molecule has 2 heterocycles. The van der Waals surface area contributed by atoms with E-state index in [1.54, 1.807) is 0 Å². The largest absolute Gasteiger partial charge is 0.465 e. The Balaban J connectivity index is 2.18. The lowest BCUT2D eigenvalue weighted by molar-refractivity contribution is 0.0601. The van der Waals surface area contributed by atoms with E-state index in [0.717, 1.165) is 19.7 Å². The number of carbonyl (C=O) groups is 1. The molecule has 3 rings (SSSR count). The lowest BCUT2D eigenvalue weighted by atomic mass is 10.0. The van der Waals surface area contributed by atoms with Gasteiger partial charge in [0.1, 0.15) is 0 Å². The van der Waals surface area contributed by atoms with Gasteiger partial charge >= 0.3 is 5.97 Å². The molecule has 1 N–H and O–H groups in total. The molecule has 1 fully saturated rings. The van der Waals surface area contributed by atoms with E-state index >= 15 is 0 Å². The van der Waals surface area contributed by atoms with Crippen LogP contribution in [-0.4, -0.2) is 31.4 Å². The third-order valence-corrected chi connectivity index (χ3v) is 4.46. The monoisotopic (exact) mass is 342 g/mol. The first-order chi connectivity index (χ1) is 9.19. The number of methoxy groups -OCH3 is 1. The predicted octanol–water partition coefficient (Wildman–Crippen LogP) is 2.46. The maximum Gasteiger partial charge on any atom is 0.337 e. The van der Waals surface area contributed by atoms with Gasteiger partial charge in [0.2, 0.25) is 0 Å². The van der Waals surface area contributed by atoms with Crippen molar-refractivity contribution < 1.29 is 14.3 Å². The summed E-state index contributed by atoms with van der Waals surface area (Å²) in [5.41, 5.74) is 2.40. The molecule has 0 bridgehead atoms. The van der Waals surface area contributed by atoms with Crippen molar-refractivity contribution in [3.8, 4) is 0 Å². The number of benzene rings is 1. The number of esters is 1. The van der Waals surface area contributed by atoms with Crippen LogP contribution in [0.25, 0.3) is 10.2 Å². The number of hydrogen-bond acceptors (Lipinski definition) is 6. The number of thiazole rings is 1. The minimum Gasteiger partial charge on any atom is -0.465 e. The number of halogens is 1. The molecule has 1 aliphatic rings. The number of aromatic nitrogens is 1. The highest BCUT2D eigenvalue weighted by Gasteiger charge is 2.23. The van der Waals surface area contributed by atoms with Crippen molar-refractivity contribution in [2.45, 2.75) is 6.04 Å². The Hall–Kier alpha value is -1.02. The van der Waals surface area contributed by atoms with E-state index in [-0.39, 0.29) is 12.0 Å². The zero-order valence-electron chi connectivity index (χ0n) is 10.1. The Kier molecular flexibility index (Phi) is 3.53. The summed E-state index contributed by atoms with van der Waals surface area (Å²) in [7, 11) is 1.38. The predicted molar refractivity (Wildman–Crippen MR) is 75.4 cm³/mol. The quantitative estimate of drug-likeness (QED) is 0.849. The highest BCUT2D eigenvalue weighted by Crippen LogP contribution is 2.33. The van der Waals surface area contributed by atoms with Crippen LogP contribution in [0.3, 0.4) is 0 Å². The van der Waals surface area contributed by atoms with Crippen LogP contribution in [0, 0.1) is 0 Å². The van der Waals surface area contributed by atoms with Gasteiger partial charge in [0.25, 0.3) is 0 Å². The summed E-state index contributed by atoms with van der Waals surface area (Å²) >= 11 is 4.88. The van der Waals surface area contributed by atoms with E-state index < -0.39 is 0 Å². The zero-order valence-corrected chi connectivity index (χ0v) is 12.5. The lowest BCUT2D eigenvalue weighted by Gasteiger charge is -2.11. The molecular weight excluding hydrogens is 332 g/mol. The second-order valence-electron chi connectivity index (χ2n) is 4.14. The van der Waals surface area contributed by atoms with Crippen LogP contribution in [-0.2, 0) is 9.47 Å². The minimum absolute atomic E-state index is 0.0566. The maximum atomic E-state index is 11.7. The van der Waals surface area contributed by atoms with Gasteiger partial charge in [-0.25, -0.2) is 9.78 Å².